The fourth-order valence-corrected chi connectivity index (χ4v) is 4.44. The predicted molar refractivity (Wildman–Crippen MR) is 97.2 cm³/mol. The van der Waals surface area contributed by atoms with Gasteiger partial charge in [-0.3, -0.25) is 19.8 Å². The third kappa shape index (κ3) is 2.39. The van der Waals surface area contributed by atoms with Gasteiger partial charge in [0.1, 0.15) is 5.82 Å². The van der Waals surface area contributed by atoms with Crippen LogP contribution in [0.4, 0.5) is 4.39 Å². The molecule has 0 radical (unpaired) electrons. The van der Waals surface area contributed by atoms with Crippen LogP contribution in [0.5, 0.6) is 0 Å². The minimum absolute atomic E-state index is 0.376. The van der Waals surface area contributed by atoms with Gasteiger partial charge in [-0.1, -0.05) is 42.5 Å². The number of carbonyl (C=O) groups is 3. The fraction of sp³-hybridized carbons (Fsp3) is 0.286. The molecule has 0 saturated carbocycles. The first-order chi connectivity index (χ1) is 13.4. The van der Waals surface area contributed by atoms with E-state index in [1.165, 1.54) is 26.3 Å². The smallest absolute Gasteiger partial charge is 0.331 e. The van der Waals surface area contributed by atoms with Gasteiger partial charge in [0, 0.05) is 13.1 Å². The zero-order valence-electron chi connectivity index (χ0n) is 15.4. The van der Waals surface area contributed by atoms with Crippen molar-refractivity contribution in [3.05, 3.63) is 71.5 Å². The van der Waals surface area contributed by atoms with Gasteiger partial charge in [-0.15, -0.1) is 0 Å². The van der Waals surface area contributed by atoms with Crippen LogP contribution in [0, 0.1) is 17.7 Å². The van der Waals surface area contributed by atoms with Crippen LogP contribution >= 0.6 is 0 Å². The first-order valence-electron chi connectivity index (χ1n) is 8.90. The van der Waals surface area contributed by atoms with Gasteiger partial charge in [-0.05, 0) is 23.3 Å². The molecule has 2 saturated heterocycles. The molecule has 4 rings (SSSR count). The van der Waals surface area contributed by atoms with Crippen LogP contribution in [0.1, 0.15) is 17.2 Å². The van der Waals surface area contributed by atoms with E-state index in [1.54, 1.807) is 42.5 Å². The molecule has 0 aliphatic carbocycles. The number of halogens is 1. The van der Waals surface area contributed by atoms with E-state index in [1.807, 2.05) is 0 Å². The third-order valence-corrected chi connectivity index (χ3v) is 5.75. The van der Waals surface area contributed by atoms with Crippen molar-refractivity contribution in [1.82, 2.24) is 10.2 Å². The second kappa shape index (κ2) is 6.53. The molecule has 2 aromatic rings. The molecule has 0 unspecified atom stereocenters. The number of hydrogen-bond donors (Lipinski definition) is 1. The summed E-state index contributed by atoms with van der Waals surface area (Å²) >= 11 is 0. The molecule has 2 amide bonds. The van der Waals surface area contributed by atoms with Crippen molar-refractivity contribution in [1.29, 1.82) is 0 Å². The molecule has 0 bridgehead atoms. The average molecular weight is 382 g/mol. The number of ether oxygens (including phenoxy) is 1. The van der Waals surface area contributed by atoms with E-state index in [0.717, 1.165) is 4.90 Å². The number of likely N-dealkylation sites (tertiary alicyclic amines) is 1. The summed E-state index contributed by atoms with van der Waals surface area (Å²) in [5.41, 5.74) is -0.357. The van der Waals surface area contributed by atoms with E-state index in [4.69, 9.17) is 4.74 Å². The Labute approximate surface area is 161 Å². The molecule has 2 aromatic carbocycles. The van der Waals surface area contributed by atoms with E-state index in [2.05, 4.69) is 5.32 Å². The predicted octanol–water partition coefficient (Wildman–Crippen LogP) is 1.77. The maximum Gasteiger partial charge on any atom is 0.331 e. The van der Waals surface area contributed by atoms with E-state index >= 15 is 0 Å². The normalized spacial score (nSPS) is 29.1. The van der Waals surface area contributed by atoms with Crippen molar-refractivity contribution in [2.45, 2.75) is 11.6 Å². The number of carbonyl (C=O) groups excluding carboxylic acids is 3. The molecule has 2 heterocycles. The molecule has 144 valence electrons. The number of benzene rings is 2. The van der Waals surface area contributed by atoms with Crippen LogP contribution in [0.25, 0.3) is 0 Å². The summed E-state index contributed by atoms with van der Waals surface area (Å²) in [5.74, 6) is -3.64. The summed E-state index contributed by atoms with van der Waals surface area (Å²) < 4.78 is 18.5. The fourth-order valence-electron chi connectivity index (χ4n) is 4.44. The van der Waals surface area contributed by atoms with Crippen LogP contribution in [0.2, 0.25) is 0 Å². The molecule has 0 aromatic heterocycles. The molecule has 6 nitrogen and oxygen atoms in total. The Morgan fingerprint density at radius 3 is 2.32 bits per heavy atom. The Morgan fingerprint density at radius 2 is 1.71 bits per heavy atom. The van der Waals surface area contributed by atoms with Crippen molar-refractivity contribution in [2.75, 3.05) is 14.2 Å². The van der Waals surface area contributed by atoms with Gasteiger partial charge in [-0.25, -0.2) is 9.18 Å². The maximum atomic E-state index is 13.4. The second-order valence-electron chi connectivity index (χ2n) is 7.08. The van der Waals surface area contributed by atoms with Crippen molar-refractivity contribution >= 4 is 17.8 Å². The number of rotatable bonds is 3. The number of fused-ring (bicyclic) bond motifs is 1. The van der Waals surface area contributed by atoms with E-state index < -0.39 is 41.1 Å². The largest absolute Gasteiger partial charge is 0.467 e. The number of esters is 1. The summed E-state index contributed by atoms with van der Waals surface area (Å²) in [5, 5.41) is 3.23. The molecule has 1 N–H and O–H groups in total. The topological polar surface area (TPSA) is 75.7 Å². The Morgan fingerprint density at radius 1 is 1.07 bits per heavy atom. The van der Waals surface area contributed by atoms with Crippen molar-refractivity contribution in [3.63, 3.8) is 0 Å². The van der Waals surface area contributed by atoms with Gasteiger partial charge >= 0.3 is 5.97 Å². The van der Waals surface area contributed by atoms with Gasteiger partial charge in [0.15, 0.2) is 5.54 Å². The van der Waals surface area contributed by atoms with Gasteiger partial charge in [0.25, 0.3) is 0 Å². The Kier molecular flexibility index (Phi) is 4.27. The highest BCUT2D eigenvalue weighted by atomic mass is 19.1. The summed E-state index contributed by atoms with van der Waals surface area (Å²) in [6, 6.07) is 13.8. The van der Waals surface area contributed by atoms with Crippen molar-refractivity contribution in [2.24, 2.45) is 11.8 Å². The summed E-state index contributed by atoms with van der Waals surface area (Å²) in [6.45, 7) is 0. The lowest BCUT2D eigenvalue weighted by molar-refractivity contribution is -0.154. The third-order valence-electron chi connectivity index (χ3n) is 5.75. The van der Waals surface area contributed by atoms with E-state index in [0.29, 0.717) is 11.1 Å². The molecule has 0 spiro atoms. The molecule has 2 aliphatic rings. The first kappa shape index (κ1) is 18.3. The van der Waals surface area contributed by atoms with Crippen LogP contribution in [-0.4, -0.2) is 36.8 Å². The lowest BCUT2D eigenvalue weighted by atomic mass is 9.75. The summed E-state index contributed by atoms with van der Waals surface area (Å²) in [4.78, 5) is 40.1. The minimum Gasteiger partial charge on any atom is -0.467 e. The van der Waals surface area contributed by atoms with Crippen LogP contribution in [-0.2, 0) is 24.7 Å². The summed E-state index contributed by atoms with van der Waals surface area (Å²) in [7, 11) is 2.66. The van der Waals surface area contributed by atoms with Crippen molar-refractivity contribution < 1.29 is 23.5 Å². The molecule has 2 fully saturated rings. The van der Waals surface area contributed by atoms with E-state index in [9.17, 15) is 18.8 Å². The molecule has 4 atom stereocenters. The average Bonchev–Trinajstić information content (AvgIpc) is 3.19. The highest BCUT2D eigenvalue weighted by Crippen LogP contribution is 2.53. The van der Waals surface area contributed by atoms with Crippen LogP contribution < -0.4 is 5.32 Å². The van der Waals surface area contributed by atoms with Gasteiger partial charge in [0.2, 0.25) is 11.8 Å². The van der Waals surface area contributed by atoms with Crippen LogP contribution in [0.15, 0.2) is 54.6 Å². The van der Waals surface area contributed by atoms with Crippen molar-refractivity contribution in [3.8, 4) is 0 Å². The number of hydrogen-bond acceptors (Lipinski definition) is 5. The Balaban J connectivity index is 1.94. The zero-order chi connectivity index (χ0) is 20.1. The Bertz CT molecular complexity index is 947. The molecule has 2 aliphatic heterocycles. The maximum absolute atomic E-state index is 13.4. The lowest BCUT2D eigenvalue weighted by Crippen LogP contribution is -2.53. The monoisotopic (exact) mass is 382 g/mol. The second-order valence-corrected chi connectivity index (χ2v) is 7.08. The lowest BCUT2D eigenvalue weighted by Gasteiger charge is -2.32. The molecule has 7 heteroatoms. The molecular formula is C21H19FN2O4. The highest BCUT2D eigenvalue weighted by Gasteiger charge is 2.68. The van der Waals surface area contributed by atoms with Gasteiger partial charge in [0.05, 0.1) is 18.9 Å². The number of imide groups is 1. The Hall–Kier alpha value is -3.06. The van der Waals surface area contributed by atoms with E-state index in [-0.39, 0.29) is 5.91 Å². The number of methoxy groups -OCH3 is 1. The number of amides is 2. The summed E-state index contributed by atoms with van der Waals surface area (Å²) in [6.07, 6.45) is 0. The molecule has 28 heavy (non-hydrogen) atoms. The SMILES string of the molecule is COC(=O)[C@]1(c2ccccc2)N[C@@H](c2ccc(F)cc2)[C@H]2C(=O)N(C)C(=O)[C@H]21. The number of nitrogens with one attached hydrogen (secondary N) is 1. The highest BCUT2D eigenvalue weighted by molar-refractivity contribution is 6.09. The van der Waals surface area contributed by atoms with Gasteiger partial charge < -0.3 is 4.74 Å². The van der Waals surface area contributed by atoms with Gasteiger partial charge in [-0.2, -0.15) is 0 Å². The first-order valence-corrected chi connectivity index (χ1v) is 8.90. The quantitative estimate of drug-likeness (QED) is 0.647. The standard InChI is InChI=1S/C21H19FN2O4/c1-24-18(25)15-16(19(24)26)21(20(27)28-2,13-6-4-3-5-7-13)23-17(15)12-8-10-14(22)11-9-12/h3-11,15-17,23H,1-2H3/t15-,16-,17-,21+/m0/s1. The molecular weight excluding hydrogens is 363 g/mol. The van der Waals surface area contributed by atoms with Crippen LogP contribution in [0.3, 0.4) is 0 Å². The minimum atomic E-state index is -1.52. The zero-order valence-corrected chi connectivity index (χ0v) is 15.4. The number of nitrogens with zero attached hydrogens (tertiary/aromatic N) is 1.